The Morgan fingerprint density at radius 1 is 0.841 bits per heavy atom. The Bertz CT molecular complexity index is 1320. The van der Waals surface area contributed by atoms with E-state index < -0.39 is 17.8 Å². The van der Waals surface area contributed by atoms with Crippen LogP contribution in [0.1, 0.15) is 15.9 Å². The number of hydrogen-bond donors (Lipinski definition) is 4. The molecule has 1 aromatic heterocycles. The molecule has 17 heteroatoms. The molecule has 2 aromatic carbocycles. The predicted octanol–water partition coefficient (Wildman–Crippen LogP) is 2.70. The van der Waals surface area contributed by atoms with E-state index in [1.54, 1.807) is 25.2 Å². The van der Waals surface area contributed by atoms with E-state index in [1.165, 1.54) is 16.9 Å². The van der Waals surface area contributed by atoms with Gasteiger partial charge in [0.25, 0.3) is 5.91 Å². The summed E-state index contributed by atoms with van der Waals surface area (Å²) in [7, 11) is 1.58. The second kappa shape index (κ2) is 17.7. The molecule has 240 valence electrons. The first-order valence-electron chi connectivity index (χ1n) is 13.5. The zero-order valence-electron chi connectivity index (χ0n) is 23.9. The van der Waals surface area contributed by atoms with E-state index in [2.05, 4.69) is 31.4 Å². The molecule has 4 N–H and O–H groups in total. The van der Waals surface area contributed by atoms with Crippen molar-refractivity contribution in [2.24, 2.45) is 7.05 Å². The molecule has 0 aliphatic carbocycles. The van der Waals surface area contributed by atoms with Gasteiger partial charge in [-0.1, -0.05) is 0 Å². The van der Waals surface area contributed by atoms with E-state index in [1.807, 2.05) is 0 Å². The number of carbonyl (C=O) groups excluding carboxylic acids is 1. The number of aromatic nitrogens is 4. The average molecular weight is 626 g/mol. The van der Waals surface area contributed by atoms with Crippen LogP contribution in [0.3, 0.4) is 0 Å². The maximum Gasteiger partial charge on any atom is 0.416 e. The minimum atomic E-state index is -4.44. The van der Waals surface area contributed by atoms with Crippen molar-refractivity contribution in [3.63, 3.8) is 0 Å². The molecule has 2 amide bonds. The molecule has 14 nitrogen and oxygen atoms in total. The molecule has 0 atom stereocenters. The number of benzene rings is 2. The first kappa shape index (κ1) is 34.2. The molecule has 0 unspecified atom stereocenters. The number of aryl methyl sites for hydroxylation is 1. The first-order valence-corrected chi connectivity index (χ1v) is 13.5. The van der Waals surface area contributed by atoms with Gasteiger partial charge < -0.3 is 40.0 Å². The highest BCUT2D eigenvalue weighted by molar-refractivity contribution is 5.97. The van der Waals surface area contributed by atoms with Crippen LogP contribution in [-0.2, 0) is 32.2 Å². The van der Waals surface area contributed by atoms with Gasteiger partial charge in [-0.15, -0.1) is 10.2 Å². The normalized spacial score (nSPS) is 11.4. The van der Waals surface area contributed by atoms with Gasteiger partial charge in [-0.3, -0.25) is 4.79 Å². The lowest BCUT2D eigenvalue weighted by Gasteiger charge is -2.13. The summed E-state index contributed by atoms with van der Waals surface area (Å²) < 4.78 is 60.2. The van der Waals surface area contributed by atoms with Gasteiger partial charge in [0, 0.05) is 35.6 Å². The fraction of sp³-hybridized carbons (Fsp3) is 0.444. The summed E-state index contributed by atoms with van der Waals surface area (Å²) >= 11 is 0. The molecule has 0 aliphatic rings. The third-order valence-electron chi connectivity index (χ3n) is 5.69. The molecular formula is C27H34F3N7O7. The summed E-state index contributed by atoms with van der Waals surface area (Å²) in [5.74, 6) is -0.139. The number of alkyl halides is 3. The van der Waals surface area contributed by atoms with E-state index in [9.17, 15) is 22.8 Å². The molecule has 0 aliphatic heterocycles. The second-order valence-electron chi connectivity index (χ2n) is 9.00. The summed E-state index contributed by atoms with van der Waals surface area (Å²) in [6.45, 7) is 3.10. The number of tetrazole rings is 1. The number of hydrogen-bond acceptors (Lipinski definition) is 10. The van der Waals surface area contributed by atoms with Crippen LogP contribution in [0, 0.1) is 0 Å². The minimum Gasteiger partial charge on any atom is -0.465 e. The van der Waals surface area contributed by atoms with Crippen LogP contribution in [0.5, 0.6) is 0 Å². The smallest absolute Gasteiger partial charge is 0.416 e. The maximum absolute atomic E-state index is 12.9. The Labute approximate surface area is 250 Å². The molecule has 0 radical (unpaired) electrons. The van der Waals surface area contributed by atoms with Crippen molar-refractivity contribution in [3.05, 3.63) is 53.6 Å². The van der Waals surface area contributed by atoms with E-state index in [-0.39, 0.29) is 38.0 Å². The van der Waals surface area contributed by atoms with Gasteiger partial charge in [-0.2, -0.15) is 18.0 Å². The molecule has 0 bridgehead atoms. The largest absolute Gasteiger partial charge is 0.465 e. The van der Waals surface area contributed by atoms with E-state index in [4.69, 9.17) is 24.1 Å². The summed E-state index contributed by atoms with van der Waals surface area (Å²) in [5, 5.41) is 28.5. The number of nitrogens with one attached hydrogen (secondary N) is 3. The maximum atomic E-state index is 12.9. The third kappa shape index (κ3) is 12.1. The van der Waals surface area contributed by atoms with Crippen LogP contribution in [0.15, 0.2) is 42.5 Å². The Kier molecular flexibility index (Phi) is 13.8. The number of rotatable bonds is 19. The number of carbonyl (C=O) groups is 2. The van der Waals surface area contributed by atoms with Gasteiger partial charge in [0.1, 0.15) is 0 Å². The van der Waals surface area contributed by atoms with Crippen LogP contribution in [0.25, 0.3) is 11.4 Å². The van der Waals surface area contributed by atoms with Crippen molar-refractivity contribution in [1.82, 2.24) is 30.8 Å². The van der Waals surface area contributed by atoms with Gasteiger partial charge in [-0.25, -0.2) is 4.79 Å². The highest BCUT2D eigenvalue weighted by Gasteiger charge is 2.30. The van der Waals surface area contributed by atoms with Gasteiger partial charge in [0.2, 0.25) is 5.82 Å². The van der Waals surface area contributed by atoms with Gasteiger partial charge >= 0.3 is 12.3 Å². The highest BCUT2D eigenvalue weighted by atomic mass is 19.4. The molecule has 0 saturated carbocycles. The van der Waals surface area contributed by atoms with Crippen molar-refractivity contribution in [1.29, 1.82) is 0 Å². The zero-order chi connectivity index (χ0) is 31.8. The van der Waals surface area contributed by atoms with Gasteiger partial charge in [0.15, 0.2) is 0 Å². The number of halogens is 3. The average Bonchev–Trinajstić information content (AvgIpc) is 3.42. The number of carboxylic acid groups (broad SMARTS) is 1. The number of anilines is 2. The Balaban J connectivity index is 1.37. The van der Waals surface area contributed by atoms with Crippen LogP contribution in [-0.4, -0.2) is 103 Å². The van der Waals surface area contributed by atoms with E-state index >= 15 is 0 Å². The Morgan fingerprint density at radius 2 is 1.41 bits per heavy atom. The summed E-state index contributed by atoms with van der Waals surface area (Å²) in [6, 6.07) is 9.31. The fourth-order valence-corrected chi connectivity index (χ4v) is 3.60. The Hall–Kier alpha value is -4.32. The summed E-state index contributed by atoms with van der Waals surface area (Å²) in [5.41, 5.74) is 0.863. The topological polar surface area (TPSA) is 171 Å². The third-order valence-corrected chi connectivity index (χ3v) is 5.69. The number of ether oxygens (including phenoxy) is 4. The highest BCUT2D eigenvalue weighted by Crippen LogP contribution is 2.32. The molecule has 1 heterocycles. The molecule has 0 spiro atoms. The molecule has 3 aromatic rings. The standard InChI is InChI=1S/C27H34F3N7O7/c1-37-35-24(34-36-37)22-18-19(2-7-23(22)33-21-5-3-20(4-6-21)27(28,29)30)25(38)31-8-10-41-12-14-43-16-17-44-15-13-42-11-9-32-26(39)40/h2-7,18,32-33H,8-17H2,1H3,(H,31,38)(H,39,40). The van der Waals surface area contributed by atoms with Crippen molar-refractivity contribution < 1.29 is 46.8 Å². The minimum absolute atomic E-state index is 0.215. The fourth-order valence-electron chi connectivity index (χ4n) is 3.60. The predicted molar refractivity (Wildman–Crippen MR) is 151 cm³/mol. The SMILES string of the molecule is Cn1nnc(-c2cc(C(=O)NCCOCCOCCOCCOCCNC(=O)O)ccc2Nc2ccc(C(F)(F)F)cc2)n1. The van der Waals surface area contributed by atoms with Crippen molar-refractivity contribution >= 4 is 23.4 Å². The van der Waals surface area contributed by atoms with Crippen LogP contribution in [0.2, 0.25) is 0 Å². The van der Waals surface area contributed by atoms with Gasteiger partial charge in [0.05, 0.1) is 65.5 Å². The Morgan fingerprint density at radius 3 is 1.93 bits per heavy atom. The zero-order valence-corrected chi connectivity index (χ0v) is 23.9. The van der Waals surface area contributed by atoms with Crippen LogP contribution in [0.4, 0.5) is 29.3 Å². The van der Waals surface area contributed by atoms with Crippen molar-refractivity contribution in [3.8, 4) is 11.4 Å². The number of nitrogens with zero attached hydrogens (tertiary/aromatic N) is 4. The quantitative estimate of drug-likeness (QED) is 0.144. The molecular weight excluding hydrogens is 591 g/mol. The molecule has 0 fully saturated rings. The monoisotopic (exact) mass is 625 g/mol. The van der Waals surface area contributed by atoms with Crippen molar-refractivity contribution in [2.75, 3.05) is 71.3 Å². The van der Waals surface area contributed by atoms with E-state index in [0.717, 1.165) is 12.1 Å². The summed E-state index contributed by atoms with van der Waals surface area (Å²) in [6.07, 6.45) is -5.54. The van der Waals surface area contributed by atoms with E-state index in [0.29, 0.717) is 62.1 Å². The van der Waals surface area contributed by atoms with Crippen molar-refractivity contribution in [2.45, 2.75) is 6.18 Å². The number of amides is 2. The lowest BCUT2D eigenvalue weighted by molar-refractivity contribution is -0.137. The lowest BCUT2D eigenvalue weighted by Crippen LogP contribution is -2.27. The van der Waals surface area contributed by atoms with Crippen LogP contribution >= 0.6 is 0 Å². The molecule has 0 saturated heterocycles. The van der Waals surface area contributed by atoms with Crippen LogP contribution < -0.4 is 16.0 Å². The molecule has 44 heavy (non-hydrogen) atoms. The van der Waals surface area contributed by atoms with Gasteiger partial charge in [-0.05, 0) is 47.7 Å². The second-order valence-corrected chi connectivity index (χ2v) is 9.00. The summed E-state index contributed by atoms with van der Waals surface area (Å²) in [4.78, 5) is 24.3. The molecule has 3 rings (SSSR count). The lowest BCUT2D eigenvalue weighted by atomic mass is 10.1. The first-order chi connectivity index (χ1) is 21.1.